The van der Waals surface area contributed by atoms with Crippen LogP contribution in [0, 0.1) is 0 Å². The minimum absolute atomic E-state index is 0.521. The Morgan fingerprint density at radius 2 is 1.19 bits per heavy atom. The molecule has 3 heteroatoms. The number of imidazole rings is 2. The summed E-state index contributed by atoms with van der Waals surface area (Å²) in [5.74, 6) is 0.939. The Hall–Kier alpha value is -4.89. The van der Waals surface area contributed by atoms with E-state index in [4.69, 9.17) is 6.35 Å². The molecule has 3 aromatic heterocycles. The number of benzene rings is 6. The normalized spacial score (nSPS) is 12.8. The molecule has 0 N–H and O–H groups in total. The summed E-state index contributed by atoms with van der Waals surface area (Å²) >= 11 is 0. The smallest absolute Gasteiger partial charge is 0.220 e. The van der Waals surface area contributed by atoms with Gasteiger partial charge in [-0.2, -0.15) is 0 Å². The van der Waals surface area contributed by atoms with Gasteiger partial charge in [0.05, 0.1) is 29.0 Å². The molecule has 0 bridgehead atoms. The second kappa shape index (κ2) is 6.41. The van der Waals surface area contributed by atoms with Crippen molar-refractivity contribution in [3.63, 3.8) is 0 Å². The van der Waals surface area contributed by atoms with Crippen LogP contribution in [0.2, 0.25) is 0 Å². The highest BCUT2D eigenvalue weighted by atomic mass is 15.2. The molecule has 3 heterocycles. The molecule has 0 fully saturated rings. The molecule has 6 aromatic carbocycles. The van der Waals surface area contributed by atoms with Crippen molar-refractivity contribution < 1.29 is 1.37 Å². The lowest BCUT2D eigenvalue weighted by Crippen LogP contribution is -1.85. The first-order valence-electron chi connectivity index (χ1n) is 12.7. The zero-order chi connectivity index (χ0) is 24.2. The van der Waals surface area contributed by atoms with Crippen LogP contribution >= 0.6 is 0 Å². The van der Waals surface area contributed by atoms with E-state index in [1.807, 2.05) is 24.3 Å². The van der Waals surface area contributed by atoms with Crippen molar-refractivity contribution in [2.24, 2.45) is 0 Å². The van der Waals surface area contributed by atoms with E-state index in [1.54, 1.807) is 0 Å². The highest BCUT2D eigenvalue weighted by molar-refractivity contribution is 6.20. The zero-order valence-corrected chi connectivity index (χ0v) is 19.2. The maximum atomic E-state index is 7.95. The van der Waals surface area contributed by atoms with Crippen LogP contribution < -0.4 is 0 Å². The molecule has 0 saturated carbocycles. The fourth-order valence-electron chi connectivity index (χ4n) is 6.07. The maximum Gasteiger partial charge on any atom is 0.220 e. The van der Waals surface area contributed by atoms with Gasteiger partial charge in [0.1, 0.15) is 0 Å². The lowest BCUT2D eigenvalue weighted by molar-refractivity contribution is 1.22. The lowest BCUT2D eigenvalue weighted by Gasteiger charge is -2.05. The highest BCUT2D eigenvalue weighted by Gasteiger charge is 2.22. The first kappa shape index (κ1) is 17.5. The standard InChI is InChI=1S/C33H19N3/c1-2-8-20(9-3-1)25-15-27-26-14-21-10-4-6-12-23(21)17-29(26)36-32(27)31(19-25)35-30-18-24-13-7-5-11-22(24)16-28(30)34-33(35)36/h1-19H/i1D. The topological polar surface area (TPSA) is 21.7 Å². The number of fused-ring (bicyclic) bond motifs is 10. The quantitative estimate of drug-likeness (QED) is 0.242. The number of nitrogens with zero attached hydrogens (tertiary/aromatic N) is 3. The molecule has 9 rings (SSSR count). The van der Waals surface area contributed by atoms with Crippen LogP contribution in [0.5, 0.6) is 0 Å². The van der Waals surface area contributed by atoms with E-state index in [9.17, 15) is 0 Å². The van der Waals surface area contributed by atoms with E-state index in [2.05, 4.69) is 93.7 Å². The molecular formula is C33H19N3. The van der Waals surface area contributed by atoms with Gasteiger partial charge in [0.2, 0.25) is 5.78 Å². The molecule has 3 nitrogen and oxygen atoms in total. The van der Waals surface area contributed by atoms with Crippen LogP contribution in [-0.2, 0) is 0 Å². The van der Waals surface area contributed by atoms with Crippen molar-refractivity contribution >= 4 is 65.7 Å². The first-order chi connectivity index (χ1) is 18.2. The summed E-state index contributed by atoms with van der Waals surface area (Å²) < 4.78 is 12.6. The fraction of sp³-hybridized carbons (Fsp3) is 0. The molecule has 0 saturated heterocycles. The van der Waals surface area contributed by atoms with E-state index in [1.165, 1.54) is 43.4 Å². The summed E-state index contributed by atoms with van der Waals surface area (Å²) in [5, 5.41) is 7.33. The van der Waals surface area contributed by atoms with Gasteiger partial charge in [-0.3, -0.25) is 8.80 Å². The summed E-state index contributed by atoms with van der Waals surface area (Å²) in [4.78, 5) is 5.20. The summed E-state index contributed by atoms with van der Waals surface area (Å²) in [6, 6.07) is 39.0. The number of rotatable bonds is 1. The number of hydrogen-bond acceptors (Lipinski definition) is 1. The van der Waals surface area contributed by atoms with Gasteiger partial charge in [-0.15, -0.1) is 0 Å². The molecular weight excluding hydrogens is 438 g/mol. The van der Waals surface area contributed by atoms with Crippen molar-refractivity contribution in [2.75, 3.05) is 0 Å². The Bertz CT molecular complexity index is 2360. The third kappa shape index (κ3) is 2.25. The lowest BCUT2D eigenvalue weighted by atomic mass is 10.0. The largest absolute Gasteiger partial charge is 0.277 e. The summed E-state index contributed by atoms with van der Waals surface area (Å²) in [7, 11) is 0. The third-order valence-corrected chi connectivity index (χ3v) is 7.71. The molecule has 9 aromatic rings. The summed E-state index contributed by atoms with van der Waals surface area (Å²) in [6.45, 7) is 0. The molecule has 0 spiro atoms. The molecule has 166 valence electrons. The Morgan fingerprint density at radius 3 is 1.94 bits per heavy atom. The SMILES string of the molecule is [2H]c1ccc(-c2cc3c4cc5ccccc5cc4n4c3c(c2)n2c3cc5ccccc5cc3nc24)cc1. The van der Waals surface area contributed by atoms with E-state index >= 15 is 0 Å². The van der Waals surface area contributed by atoms with Crippen molar-refractivity contribution in [2.45, 2.75) is 0 Å². The van der Waals surface area contributed by atoms with Gasteiger partial charge in [0.15, 0.2) is 0 Å². The fourth-order valence-corrected chi connectivity index (χ4v) is 6.07. The van der Waals surface area contributed by atoms with Gasteiger partial charge in [-0.1, -0.05) is 78.8 Å². The Balaban J connectivity index is 1.54. The van der Waals surface area contributed by atoms with E-state index in [0.29, 0.717) is 6.04 Å². The van der Waals surface area contributed by atoms with Gasteiger partial charge in [0, 0.05) is 10.8 Å². The van der Waals surface area contributed by atoms with Crippen molar-refractivity contribution in [3.8, 4) is 11.1 Å². The molecule has 0 aliphatic carbocycles. The molecule has 0 amide bonds. The predicted molar refractivity (Wildman–Crippen MR) is 150 cm³/mol. The first-order valence-corrected chi connectivity index (χ1v) is 12.2. The van der Waals surface area contributed by atoms with Crippen LogP contribution in [0.3, 0.4) is 0 Å². The van der Waals surface area contributed by atoms with Gasteiger partial charge >= 0.3 is 0 Å². The number of hydrogen-bond donors (Lipinski definition) is 0. The monoisotopic (exact) mass is 458 g/mol. The average molecular weight is 459 g/mol. The summed E-state index contributed by atoms with van der Waals surface area (Å²) in [6.07, 6.45) is 0. The molecule has 0 aliphatic rings. The third-order valence-electron chi connectivity index (χ3n) is 7.71. The molecule has 0 radical (unpaired) electrons. The maximum absolute atomic E-state index is 7.95. The highest BCUT2D eigenvalue weighted by Crippen LogP contribution is 2.41. The summed E-state index contributed by atoms with van der Waals surface area (Å²) in [5.41, 5.74) is 7.89. The molecule has 36 heavy (non-hydrogen) atoms. The Morgan fingerprint density at radius 1 is 0.528 bits per heavy atom. The van der Waals surface area contributed by atoms with Crippen LogP contribution in [0.4, 0.5) is 0 Å². The van der Waals surface area contributed by atoms with Gasteiger partial charge in [-0.05, 0) is 69.1 Å². The number of aromatic nitrogens is 3. The van der Waals surface area contributed by atoms with Gasteiger partial charge in [-0.25, -0.2) is 4.98 Å². The average Bonchev–Trinajstić information content (AvgIpc) is 3.55. The minimum Gasteiger partial charge on any atom is -0.277 e. The van der Waals surface area contributed by atoms with Crippen molar-refractivity contribution in [1.29, 1.82) is 0 Å². The van der Waals surface area contributed by atoms with Crippen molar-refractivity contribution in [1.82, 2.24) is 13.8 Å². The van der Waals surface area contributed by atoms with E-state index in [-0.39, 0.29) is 0 Å². The Kier molecular flexibility index (Phi) is 3.12. The molecule has 0 atom stereocenters. The van der Waals surface area contributed by atoms with Crippen LogP contribution in [0.25, 0.3) is 76.8 Å². The second-order valence-corrected chi connectivity index (χ2v) is 9.67. The minimum atomic E-state index is 0.521. The van der Waals surface area contributed by atoms with Crippen LogP contribution in [0.1, 0.15) is 1.37 Å². The van der Waals surface area contributed by atoms with E-state index < -0.39 is 0 Å². The zero-order valence-electron chi connectivity index (χ0n) is 20.2. The molecule has 0 aliphatic heterocycles. The van der Waals surface area contributed by atoms with Crippen LogP contribution in [-0.4, -0.2) is 13.8 Å². The predicted octanol–water partition coefficient (Wildman–Crippen LogP) is 8.46. The molecule has 0 unspecified atom stereocenters. The van der Waals surface area contributed by atoms with E-state index in [0.717, 1.165) is 33.5 Å². The second-order valence-electron chi connectivity index (χ2n) is 9.67. The van der Waals surface area contributed by atoms with Gasteiger partial charge < -0.3 is 0 Å². The van der Waals surface area contributed by atoms with Crippen LogP contribution in [0.15, 0.2) is 115 Å². The Labute approximate surface area is 207 Å². The van der Waals surface area contributed by atoms with Crippen molar-refractivity contribution in [3.05, 3.63) is 115 Å². The van der Waals surface area contributed by atoms with Gasteiger partial charge in [0.25, 0.3) is 0 Å².